The predicted molar refractivity (Wildman–Crippen MR) is 94.4 cm³/mol. The highest BCUT2D eigenvalue weighted by Crippen LogP contribution is 2.17. The molecule has 0 radical (unpaired) electrons. The highest BCUT2D eigenvalue weighted by molar-refractivity contribution is 5.81. The average Bonchev–Trinajstić information content (AvgIpc) is 3.16. The summed E-state index contributed by atoms with van der Waals surface area (Å²) in [6.07, 6.45) is 2.34. The zero-order valence-electron chi connectivity index (χ0n) is 14.5. The zero-order valence-corrected chi connectivity index (χ0v) is 14.5. The Kier molecular flexibility index (Phi) is 5.26. The summed E-state index contributed by atoms with van der Waals surface area (Å²) in [7, 11) is 0. The molecule has 1 aromatic heterocycles. The summed E-state index contributed by atoms with van der Waals surface area (Å²) in [5.41, 5.74) is 1.83. The van der Waals surface area contributed by atoms with Crippen LogP contribution >= 0.6 is 0 Å². The number of hydrogen-bond donors (Lipinski definition) is 1. The fourth-order valence-corrected chi connectivity index (χ4v) is 2.47. The molecule has 1 heterocycles. The van der Waals surface area contributed by atoms with Crippen LogP contribution in [-0.4, -0.2) is 26.8 Å². The summed E-state index contributed by atoms with van der Waals surface area (Å²) in [6, 6.07) is 13.1. The van der Waals surface area contributed by atoms with E-state index in [0.29, 0.717) is 5.75 Å². The van der Waals surface area contributed by atoms with Crippen molar-refractivity contribution in [2.75, 3.05) is 0 Å². The van der Waals surface area contributed by atoms with Gasteiger partial charge in [0.2, 0.25) is 0 Å². The smallest absolute Gasteiger partial charge is 0.261 e. The highest BCUT2D eigenvalue weighted by atomic mass is 19.1. The third-order valence-electron chi connectivity index (χ3n) is 3.91. The van der Waals surface area contributed by atoms with Crippen molar-refractivity contribution >= 4 is 5.91 Å². The number of nitrogens with zero attached hydrogens (tertiary/aromatic N) is 3. The van der Waals surface area contributed by atoms with Gasteiger partial charge in [0.15, 0.2) is 6.10 Å². The Labute approximate surface area is 150 Å². The molecule has 2 aromatic carbocycles. The molecule has 134 valence electrons. The predicted octanol–water partition coefficient (Wildman–Crippen LogP) is 3.05. The van der Waals surface area contributed by atoms with Crippen LogP contribution < -0.4 is 10.1 Å². The van der Waals surface area contributed by atoms with Gasteiger partial charge < -0.3 is 10.1 Å². The van der Waals surface area contributed by atoms with Gasteiger partial charge in [0.1, 0.15) is 24.2 Å². The molecule has 7 heteroatoms. The molecule has 2 unspecified atom stereocenters. The first kappa shape index (κ1) is 17.6. The number of carbonyl (C=O) groups is 1. The van der Waals surface area contributed by atoms with Crippen molar-refractivity contribution in [3.8, 4) is 11.4 Å². The lowest BCUT2D eigenvalue weighted by molar-refractivity contribution is -0.127. The van der Waals surface area contributed by atoms with Crippen LogP contribution in [0.5, 0.6) is 5.75 Å². The van der Waals surface area contributed by atoms with Gasteiger partial charge in [-0.1, -0.05) is 18.2 Å². The van der Waals surface area contributed by atoms with E-state index in [4.69, 9.17) is 4.74 Å². The van der Waals surface area contributed by atoms with E-state index in [1.807, 2.05) is 31.2 Å². The summed E-state index contributed by atoms with van der Waals surface area (Å²) >= 11 is 0. The van der Waals surface area contributed by atoms with E-state index in [0.717, 1.165) is 11.3 Å². The third-order valence-corrected chi connectivity index (χ3v) is 3.91. The van der Waals surface area contributed by atoms with Gasteiger partial charge >= 0.3 is 0 Å². The minimum absolute atomic E-state index is 0.203. The van der Waals surface area contributed by atoms with Gasteiger partial charge in [0.25, 0.3) is 5.91 Å². The van der Waals surface area contributed by atoms with Crippen molar-refractivity contribution in [2.24, 2.45) is 0 Å². The summed E-state index contributed by atoms with van der Waals surface area (Å²) in [5.74, 6) is -0.365. The van der Waals surface area contributed by atoms with E-state index >= 15 is 0 Å². The van der Waals surface area contributed by atoms with Crippen LogP contribution in [-0.2, 0) is 4.79 Å². The Morgan fingerprint density at radius 2 is 1.96 bits per heavy atom. The summed E-state index contributed by atoms with van der Waals surface area (Å²) in [5, 5.41) is 6.96. The highest BCUT2D eigenvalue weighted by Gasteiger charge is 2.18. The molecule has 3 rings (SSSR count). The minimum atomic E-state index is -0.742. The topological polar surface area (TPSA) is 69.0 Å². The number of aromatic nitrogens is 3. The van der Waals surface area contributed by atoms with Gasteiger partial charge in [-0.15, -0.1) is 0 Å². The van der Waals surface area contributed by atoms with Crippen LogP contribution in [0.3, 0.4) is 0 Å². The van der Waals surface area contributed by atoms with Gasteiger partial charge in [-0.2, -0.15) is 5.10 Å². The lowest BCUT2D eigenvalue weighted by Gasteiger charge is -2.19. The number of carbonyl (C=O) groups excluding carboxylic acids is 1. The first-order valence-electron chi connectivity index (χ1n) is 8.20. The molecule has 6 nitrogen and oxygen atoms in total. The zero-order chi connectivity index (χ0) is 18.5. The molecule has 3 aromatic rings. The van der Waals surface area contributed by atoms with Crippen molar-refractivity contribution < 1.29 is 13.9 Å². The molecule has 26 heavy (non-hydrogen) atoms. The lowest BCUT2D eigenvalue weighted by atomic mass is 10.1. The molecule has 0 aliphatic carbocycles. The molecular formula is C19H19FN4O2. The summed E-state index contributed by atoms with van der Waals surface area (Å²) in [6.45, 7) is 3.51. The fraction of sp³-hybridized carbons (Fsp3) is 0.211. The summed E-state index contributed by atoms with van der Waals surface area (Å²) in [4.78, 5) is 16.2. The number of benzene rings is 2. The molecule has 0 aliphatic rings. The van der Waals surface area contributed by atoms with Crippen LogP contribution in [0.4, 0.5) is 4.39 Å². The second-order valence-corrected chi connectivity index (χ2v) is 5.88. The number of hydrogen-bond acceptors (Lipinski definition) is 4. The van der Waals surface area contributed by atoms with Gasteiger partial charge in [-0.05, 0) is 43.7 Å². The molecular weight excluding hydrogens is 335 g/mol. The van der Waals surface area contributed by atoms with Crippen LogP contribution in [0.15, 0.2) is 61.2 Å². The molecule has 0 spiro atoms. The maximum atomic E-state index is 13.2. The summed E-state index contributed by atoms with van der Waals surface area (Å²) < 4.78 is 20.3. The quantitative estimate of drug-likeness (QED) is 0.739. The second-order valence-electron chi connectivity index (χ2n) is 5.88. The van der Waals surface area contributed by atoms with Crippen molar-refractivity contribution in [2.45, 2.75) is 26.0 Å². The maximum Gasteiger partial charge on any atom is 0.261 e. The van der Waals surface area contributed by atoms with Crippen LogP contribution in [0.25, 0.3) is 5.69 Å². The van der Waals surface area contributed by atoms with E-state index in [1.165, 1.54) is 24.5 Å². The number of nitrogens with one attached hydrogen (secondary N) is 1. The number of ether oxygens (including phenoxy) is 1. The maximum absolute atomic E-state index is 13.2. The molecule has 1 N–H and O–H groups in total. The van der Waals surface area contributed by atoms with Crippen molar-refractivity contribution in [3.05, 3.63) is 72.6 Å². The monoisotopic (exact) mass is 354 g/mol. The fourth-order valence-electron chi connectivity index (χ4n) is 2.47. The normalized spacial score (nSPS) is 13.0. The standard InChI is InChI=1S/C19H19FN4O2/c1-13(15-6-8-17(9-7-15)24-12-21-11-22-24)23-19(25)14(2)26-18-5-3-4-16(20)10-18/h3-14H,1-2H3,(H,23,25). The Bertz CT molecular complexity index is 866. The number of halogens is 1. The van der Waals surface area contributed by atoms with E-state index in [9.17, 15) is 9.18 Å². The first-order valence-corrected chi connectivity index (χ1v) is 8.20. The largest absolute Gasteiger partial charge is 0.481 e. The van der Waals surface area contributed by atoms with Gasteiger partial charge in [-0.3, -0.25) is 4.79 Å². The van der Waals surface area contributed by atoms with Crippen LogP contribution in [0, 0.1) is 5.82 Å². The lowest BCUT2D eigenvalue weighted by Crippen LogP contribution is -2.37. The Balaban J connectivity index is 1.59. The molecule has 0 saturated heterocycles. The molecule has 1 amide bonds. The van der Waals surface area contributed by atoms with Gasteiger partial charge in [-0.25, -0.2) is 14.1 Å². The Morgan fingerprint density at radius 3 is 2.62 bits per heavy atom. The molecule has 2 atom stereocenters. The third kappa shape index (κ3) is 4.24. The minimum Gasteiger partial charge on any atom is -0.481 e. The van der Waals surface area contributed by atoms with Crippen molar-refractivity contribution in [1.29, 1.82) is 0 Å². The second kappa shape index (κ2) is 7.77. The van der Waals surface area contributed by atoms with E-state index in [1.54, 1.807) is 24.0 Å². The average molecular weight is 354 g/mol. The van der Waals surface area contributed by atoms with Crippen molar-refractivity contribution in [3.63, 3.8) is 0 Å². The molecule has 0 aliphatic heterocycles. The van der Waals surface area contributed by atoms with Gasteiger partial charge in [0, 0.05) is 6.07 Å². The number of amides is 1. The molecule has 0 saturated carbocycles. The molecule has 0 bridgehead atoms. The van der Waals surface area contributed by atoms with E-state index < -0.39 is 11.9 Å². The Hall–Kier alpha value is -3.22. The number of rotatable bonds is 6. The van der Waals surface area contributed by atoms with Crippen molar-refractivity contribution in [1.82, 2.24) is 20.1 Å². The van der Waals surface area contributed by atoms with Crippen LogP contribution in [0.1, 0.15) is 25.5 Å². The SMILES string of the molecule is CC(Oc1cccc(F)c1)C(=O)NC(C)c1ccc(-n2cncn2)cc1. The van der Waals surface area contributed by atoms with Crippen LogP contribution in [0.2, 0.25) is 0 Å². The Morgan fingerprint density at radius 1 is 1.19 bits per heavy atom. The van der Waals surface area contributed by atoms with E-state index in [2.05, 4.69) is 15.4 Å². The molecule has 0 fully saturated rings. The first-order chi connectivity index (χ1) is 12.5. The van der Waals surface area contributed by atoms with E-state index in [-0.39, 0.29) is 11.9 Å². The van der Waals surface area contributed by atoms with Gasteiger partial charge in [0.05, 0.1) is 11.7 Å².